The Hall–Kier alpha value is -0.380. The second-order valence-electron chi connectivity index (χ2n) is 2.07. The number of benzene rings is 1. The highest BCUT2D eigenvalue weighted by molar-refractivity contribution is 14.1. The van der Waals surface area contributed by atoms with Gasteiger partial charge in [0.1, 0.15) is 0 Å². The van der Waals surface area contributed by atoms with Crippen LogP contribution in [0.5, 0.6) is 0 Å². The van der Waals surface area contributed by atoms with Gasteiger partial charge in [-0.2, -0.15) is 0 Å². The zero-order valence-corrected chi connectivity index (χ0v) is 7.75. The van der Waals surface area contributed by atoms with E-state index < -0.39 is 0 Å². The SMILES string of the molecule is CC(=O)c1cccc([123I])c1. The lowest BCUT2D eigenvalue weighted by Gasteiger charge is -1.93. The second-order valence-corrected chi connectivity index (χ2v) is 3.31. The smallest absolute Gasteiger partial charge is 0.159 e. The fourth-order valence-corrected chi connectivity index (χ4v) is 1.25. The van der Waals surface area contributed by atoms with Gasteiger partial charge in [0.15, 0.2) is 5.78 Å². The second kappa shape index (κ2) is 3.14. The summed E-state index contributed by atoms with van der Waals surface area (Å²) in [5.41, 5.74) is 0.784. The molecule has 0 fully saturated rings. The minimum atomic E-state index is 0.124. The van der Waals surface area contributed by atoms with Gasteiger partial charge in [-0.15, -0.1) is 0 Å². The predicted molar refractivity (Wildman–Crippen MR) is 49.2 cm³/mol. The van der Waals surface area contributed by atoms with Crippen LogP contribution in [0.15, 0.2) is 24.3 Å². The Kier molecular flexibility index (Phi) is 2.43. The van der Waals surface area contributed by atoms with Crippen molar-refractivity contribution in [2.45, 2.75) is 6.92 Å². The number of hydrogen-bond donors (Lipinski definition) is 0. The molecule has 0 saturated heterocycles. The highest BCUT2D eigenvalue weighted by Crippen LogP contribution is 2.07. The van der Waals surface area contributed by atoms with Crippen LogP contribution in [0.2, 0.25) is 0 Å². The average Bonchev–Trinajstić information content (AvgIpc) is 1.88. The molecule has 0 aliphatic carbocycles. The first-order valence-corrected chi connectivity index (χ1v) is 4.04. The van der Waals surface area contributed by atoms with Crippen LogP contribution in [0.25, 0.3) is 0 Å². The molecule has 1 rings (SSSR count). The van der Waals surface area contributed by atoms with E-state index in [1.54, 1.807) is 6.92 Å². The van der Waals surface area contributed by atoms with Crippen LogP contribution >= 0.6 is 22.6 Å². The van der Waals surface area contributed by atoms with E-state index in [1.165, 1.54) is 0 Å². The zero-order chi connectivity index (χ0) is 7.56. The van der Waals surface area contributed by atoms with E-state index in [-0.39, 0.29) is 5.78 Å². The minimum absolute atomic E-state index is 0.124. The average molecular weight is 242 g/mol. The van der Waals surface area contributed by atoms with Gasteiger partial charge in [0.25, 0.3) is 0 Å². The Morgan fingerprint density at radius 3 is 2.60 bits per heavy atom. The molecule has 0 aliphatic heterocycles. The van der Waals surface area contributed by atoms with Gasteiger partial charge in [-0.3, -0.25) is 4.79 Å². The number of hydrogen-bond acceptors (Lipinski definition) is 1. The lowest BCUT2D eigenvalue weighted by Crippen LogP contribution is -1.90. The molecule has 0 atom stereocenters. The van der Waals surface area contributed by atoms with Crippen molar-refractivity contribution in [1.29, 1.82) is 0 Å². The van der Waals surface area contributed by atoms with Crippen LogP contribution in [-0.2, 0) is 0 Å². The first-order chi connectivity index (χ1) is 4.70. The normalized spacial score (nSPS) is 9.40. The van der Waals surface area contributed by atoms with Crippen molar-refractivity contribution < 1.29 is 4.79 Å². The zero-order valence-electron chi connectivity index (χ0n) is 5.60. The monoisotopic (exact) mass is 242 g/mol. The highest BCUT2D eigenvalue weighted by atomic mass is 123. The third-order valence-electron chi connectivity index (χ3n) is 1.23. The Morgan fingerprint density at radius 1 is 1.50 bits per heavy atom. The summed E-state index contributed by atoms with van der Waals surface area (Å²) in [6.45, 7) is 1.57. The molecule has 0 amide bonds. The van der Waals surface area contributed by atoms with Crippen LogP contribution in [0, 0.1) is 3.57 Å². The van der Waals surface area contributed by atoms with Gasteiger partial charge in [0, 0.05) is 9.13 Å². The summed E-state index contributed by atoms with van der Waals surface area (Å²) in [4.78, 5) is 10.8. The molecule has 0 radical (unpaired) electrons. The van der Waals surface area contributed by atoms with Crippen LogP contribution in [0.4, 0.5) is 0 Å². The molecule has 0 unspecified atom stereocenters. The molecule has 1 nitrogen and oxygen atoms in total. The molecule has 0 spiro atoms. The Balaban J connectivity index is 3.07. The van der Waals surface area contributed by atoms with Gasteiger partial charge >= 0.3 is 0 Å². The first-order valence-electron chi connectivity index (χ1n) is 2.96. The summed E-state index contributed by atoms with van der Waals surface area (Å²) in [6, 6.07) is 7.55. The third-order valence-corrected chi connectivity index (χ3v) is 1.90. The molecule has 2 heteroatoms. The maximum atomic E-state index is 10.8. The summed E-state index contributed by atoms with van der Waals surface area (Å²) in [5, 5.41) is 0. The van der Waals surface area contributed by atoms with E-state index in [9.17, 15) is 4.79 Å². The summed E-state index contributed by atoms with van der Waals surface area (Å²) < 4.78 is 1.10. The van der Waals surface area contributed by atoms with Gasteiger partial charge in [0.2, 0.25) is 0 Å². The number of halogens is 1. The predicted octanol–water partition coefficient (Wildman–Crippen LogP) is 2.49. The highest BCUT2D eigenvalue weighted by Gasteiger charge is 1.96. The molecule has 1 aromatic rings. The Bertz CT molecular complexity index is 255. The fourth-order valence-electron chi connectivity index (χ4n) is 0.707. The van der Waals surface area contributed by atoms with E-state index in [0.29, 0.717) is 0 Å². The molecule has 10 heavy (non-hydrogen) atoms. The molecular weight excluding hydrogens is 235 g/mol. The Morgan fingerprint density at radius 2 is 2.20 bits per heavy atom. The minimum Gasteiger partial charge on any atom is -0.295 e. The molecule has 0 aromatic heterocycles. The summed E-state index contributed by atoms with van der Waals surface area (Å²) in [7, 11) is 0. The van der Waals surface area contributed by atoms with E-state index in [2.05, 4.69) is 22.6 Å². The van der Waals surface area contributed by atoms with Gasteiger partial charge in [-0.05, 0) is 41.6 Å². The van der Waals surface area contributed by atoms with Crippen LogP contribution in [0.1, 0.15) is 17.3 Å². The van der Waals surface area contributed by atoms with Gasteiger partial charge in [-0.1, -0.05) is 12.1 Å². The van der Waals surface area contributed by atoms with Crippen molar-refractivity contribution in [3.05, 3.63) is 33.4 Å². The summed E-state index contributed by atoms with van der Waals surface area (Å²) >= 11 is 2.19. The molecule has 52 valence electrons. The van der Waals surface area contributed by atoms with E-state index >= 15 is 0 Å². The number of ketones is 1. The quantitative estimate of drug-likeness (QED) is 0.546. The number of carbonyl (C=O) groups is 1. The summed E-state index contributed by atoms with van der Waals surface area (Å²) in [6.07, 6.45) is 0. The topological polar surface area (TPSA) is 17.1 Å². The molecule has 0 aliphatic rings. The van der Waals surface area contributed by atoms with Crippen molar-refractivity contribution in [3.63, 3.8) is 0 Å². The van der Waals surface area contributed by atoms with Crippen molar-refractivity contribution in [3.8, 4) is 0 Å². The molecule has 1 aromatic carbocycles. The van der Waals surface area contributed by atoms with Crippen LogP contribution < -0.4 is 0 Å². The van der Waals surface area contributed by atoms with Crippen molar-refractivity contribution in [2.75, 3.05) is 0 Å². The molecule has 0 saturated carbocycles. The third kappa shape index (κ3) is 1.80. The van der Waals surface area contributed by atoms with Crippen LogP contribution in [0.3, 0.4) is 0 Å². The number of Topliss-reactive ketones (excluding diaryl/α,β-unsaturated/α-hetero) is 1. The molecule has 0 bridgehead atoms. The first kappa shape index (κ1) is 7.72. The standard InChI is InChI=1S/C8H7IO/c1-6(10)7-3-2-4-8(9)5-7/h2-5H,1H3/i9-4. The van der Waals surface area contributed by atoms with Gasteiger partial charge in [-0.25, -0.2) is 0 Å². The lowest BCUT2D eigenvalue weighted by atomic mass is 10.2. The molecule has 0 N–H and O–H groups in total. The summed E-state index contributed by atoms with van der Waals surface area (Å²) in [5.74, 6) is 0.124. The lowest BCUT2D eigenvalue weighted by molar-refractivity contribution is 0.101. The largest absolute Gasteiger partial charge is 0.295 e. The van der Waals surface area contributed by atoms with Crippen LogP contribution in [-0.4, -0.2) is 5.78 Å². The van der Waals surface area contributed by atoms with Crippen molar-refractivity contribution in [1.82, 2.24) is 0 Å². The van der Waals surface area contributed by atoms with Crippen molar-refractivity contribution in [2.24, 2.45) is 0 Å². The number of rotatable bonds is 1. The van der Waals surface area contributed by atoms with E-state index in [0.717, 1.165) is 9.13 Å². The van der Waals surface area contributed by atoms with Crippen molar-refractivity contribution >= 4 is 28.4 Å². The van der Waals surface area contributed by atoms with Gasteiger partial charge < -0.3 is 0 Å². The maximum Gasteiger partial charge on any atom is 0.159 e. The van der Waals surface area contributed by atoms with Gasteiger partial charge in [0.05, 0.1) is 0 Å². The fraction of sp³-hybridized carbons (Fsp3) is 0.125. The van der Waals surface area contributed by atoms with E-state index in [1.807, 2.05) is 24.3 Å². The Labute approximate surface area is 73.6 Å². The molecule has 0 heterocycles. The number of carbonyl (C=O) groups excluding carboxylic acids is 1. The van der Waals surface area contributed by atoms with E-state index in [4.69, 9.17) is 0 Å². The molecular formula is C8H7IO. The maximum absolute atomic E-state index is 10.8.